The number of hydrogen-bond acceptors (Lipinski definition) is 4. The smallest absolute Gasteiger partial charge is 0.164 e. The molecule has 0 amide bonds. The van der Waals surface area contributed by atoms with E-state index < -0.39 is 6.34 Å². The van der Waals surface area contributed by atoms with Crippen LogP contribution in [0.2, 0.25) is 0 Å². The second kappa shape index (κ2) is 8.12. The summed E-state index contributed by atoms with van der Waals surface area (Å²) in [5.74, 6) is 1.14. The van der Waals surface area contributed by atoms with Crippen LogP contribution in [0.5, 0.6) is 0 Å². The quantitative estimate of drug-likeness (QED) is 0.672. The van der Waals surface area contributed by atoms with Gasteiger partial charge in [-0.25, -0.2) is 14.1 Å². The minimum Gasteiger partial charge on any atom is -0.316 e. The van der Waals surface area contributed by atoms with Crippen molar-refractivity contribution in [2.24, 2.45) is 4.99 Å². The Morgan fingerprint density at radius 1 is 1.25 bits per heavy atom. The molecule has 0 aliphatic carbocycles. The minimum absolute atomic E-state index is 0.290. The molecule has 2 heterocycles. The van der Waals surface area contributed by atoms with Crippen LogP contribution in [-0.2, 0) is 18.4 Å². The van der Waals surface area contributed by atoms with Crippen LogP contribution >= 0.6 is 6.34 Å². The summed E-state index contributed by atoms with van der Waals surface area (Å²) in [4.78, 5) is 4.89. The van der Waals surface area contributed by atoms with Gasteiger partial charge in [0.05, 0.1) is 30.0 Å². The van der Waals surface area contributed by atoms with Crippen molar-refractivity contribution in [3.8, 4) is 6.07 Å². The van der Waals surface area contributed by atoms with Crippen LogP contribution in [0.4, 0.5) is 10.2 Å². The predicted octanol–water partition coefficient (Wildman–Crippen LogP) is 3.54. The molecule has 1 aliphatic heterocycles. The van der Waals surface area contributed by atoms with E-state index in [-0.39, 0.29) is 5.82 Å². The second-order valence-corrected chi connectivity index (χ2v) is 10.8. The molecule has 0 N–H and O–H groups in total. The molecule has 2 aromatic rings. The van der Waals surface area contributed by atoms with Crippen LogP contribution in [0.1, 0.15) is 31.5 Å². The summed E-state index contributed by atoms with van der Waals surface area (Å²) in [6, 6.07) is 8.47. The lowest BCUT2D eigenvalue weighted by Gasteiger charge is -2.43. The number of nitrogens with zero attached hydrogens (tertiary/aromatic N) is 6. The average molecular weight is 418 g/mol. The molecule has 3 rings (SSSR count). The van der Waals surface area contributed by atoms with Gasteiger partial charge in [-0.2, -0.15) is 10.4 Å². The lowest BCUT2D eigenvalue weighted by atomic mass is 10.2. The molecule has 6 nitrogen and oxygen atoms in total. The van der Waals surface area contributed by atoms with Crippen molar-refractivity contribution in [1.29, 1.82) is 5.26 Å². The van der Waals surface area contributed by atoms with Gasteiger partial charge in [0.15, 0.2) is 5.82 Å². The number of amidine groups is 1. The summed E-state index contributed by atoms with van der Waals surface area (Å²) < 4.78 is 19.6. The third-order valence-electron chi connectivity index (χ3n) is 4.94. The topological polar surface area (TPSA) is 60.5 Å². The van der Waals surface area contributed by atoms with E-state index in [2.05, 4.69) is 34.4 Å². The Balaban J connectivity index is 2.28. The van der Waals surface area contributed by atoms with E-state index >= 15 is 0 Å². The third kappa shape index (κ3) is 3.28. The zero-order chi connectivity index (χ0) is 20.5. The van der Waals surface area contributed by atoms with Gasteiger partial charge in [0.1, 0.15) is 18.0 Å². The van der Waals surface area contributed by atoms with Gasteiger partial charge in [-0.15, -0.1) is 0 Å². The van der Waals surface area contributed by atoms with Crippen LogP contribution in [0.3, 0.4) is 0 Å². The summed E-state index contributed by atoms with van der Waals surface area (Å²) >= 11 is 6.36. The van der Waals surface area contributed by atoms with Gasteiger partial charge >= 0.3 is 0 Å². The van der Waals surface area contributed by atoms with E-state index in [9.17, 15) is 4.39 Å². The van der Waals surface area contributed by atoms with Crippen LogP contribution in [0, 0.1) is 24.1 Å². The number of nitriles is 1. The molecule has 0 saturated heterocycles. The van der Waals surface area contributed by atoms with Crippen LogP contribution in [0.25, 0.3) is 0 Å². The number of aliphatic imine (C=N–C) groups is 1. The molecule has 0 fully saturated rings. The van der Waals surface area contributed by atoms with E-state index in [1.807, 2.05) is 14.0 Å². The molecule has 0 radical (unpaired) electrons. The van der Waals surface area contributed by atoms with Gasteiger partial charge in [-0.1, -0.05) is 25.7 Å². The standard InChI is InChI=1S/C19H24FN6PS/c1-5-25(6-2)27(28)17-14(3)23-26(13-7-12-21)19(17)22-18(24(27)4)15-8-10-16(20)11-9-15/h8-11H,5-7,13H2,1-4H3/t27-/m0/s1. The SMILES string of the molecule is CCN(CC)[P@]1(=S)c2c(C)nn(CCC#N)c2N=C(c2ccc(F)cc2)N1C. The Kier molecular flexibility index (Phi) is 5.99. The maximum Gasteiger partial charge on any atom is 0.164 e. The molecule has 9 heteroatoms. The Hall–Kier alpha value is -2.07. The van der Waals surface area contributed by atoms with Gasteiger partial charge in [0, 0.05) is 25.7 Å². The van der Waals surface area contributed by atoms with E-state index in [0.29, 0.717) is 18.8 Å². The fourth-order valence-electron chi connectivity index (χ4n) is 3.56. The number of benzene rings is 1. The van der Waals surface area contributed by atoms with Crippen molar-refractivity contribution < 1.29 is 4.39 Å². The van der Waals surface area contributed by atoms with Gasteiger partial charge in [-0.3, -0.25) is 4.67 Å². The first-order chi connectivity index (χ1) is 13.4. The van der Waals surface area contributed by atoms with Crippen LogP contribution < -0.4 is 5.30 Å². The number of hydrogen-bond donors (Lipinski definition) is 0. The fourth-order valence-corrected chi connectivity index (χ4v) is 8.17. The summed E-state index contributed by atoms with van der Waals surface area (Å²) in [5.41, 5.74) is 1.67. The normalized spacial score (nSPS) is 18.8. The molecule has 0 saturated carbocycles. The summed E-state index contributed by atoms with van der Waals surface area (Å²) in [5, 5.41) is 14.7. The number of halogens is 1. The third-order valence-corrected chi connectivity index (χ3v) is 10.4. The number of fused-ring (bicyclic) bond motifs is 1. The fraction of sp³-hybridized carbons (Fsp3) is 0.421. The molecule has 1 atom stereocenters. The molecule has 148 valence electrons. The largest absolute Gasteiger partial charge is 0.316 e. The first kappa shape index (κ1) is 20.7. The zero-order valence-electron chi connectivity index (χ0n) is 16.6. The molecule has 28 heavy (non-hydrogen) atoms. The first-order valence-corrected chi connectivity index (χ1v) is 12.0. The highest BCUT2D eigenvalue weighted by molar-refractivity contribution is 8.16. The summed E-state index contributed by atoms with van der Waals surface area (Å²) in [6.45, 7) is 8.23. The van der Waals surface area contributed by atoms with E-state index in [1.54, 1.807) is 16.8 Å². The van der Waals surface area contributed by atoms with Crippen molar-refractivity contribution in [1.82, 2.24) is 19.1 Å². The zero-order valence-corrected chi connectivity index (χ0v) is 18.3. The molecule has 1 aromatic carbocycles. The minimum atomic E-state index is -2.38. The van der Waals surface area contributed by atoms with E-state index in [0.717, 1.165) is 35.5 Å². The van der Waals surface area contributed by atoms with Crippen LogP contribution in [0.15, 0.2) is 29.3 Å². The van der Waals surface area contributed by atoms with Crippen LogP contribution in [-0.4, -0.2) is 45.1 Å². The highest BCUT2D eigenvalue weighted by atomic mass is 32.4. The van der Waals surface area contributed by atoms with Gasteiger partial charge < -0.3 is 4.67 Å². The van der Waals surface area contributed by atoms with Gasteiger partial charge in [-0.05, 0) is 31.2 Å². The lowest BCUT2D eigenvalue weighted by Crippen LogP contribution is -2.41. The van der Waals surface area contributed by atoms with E-state index in [4.69, 9.17) is 22.1 Å². The van der Waals surface area contributed by atoms with E-state index in [1.165, 1.54) is 12.1 Å². The Morgan fingerprint density at radius 3 is 2.46 bits per heavy atom. The molecule has 0 bridgehead atoms. The molecular weight excluding hydrogens is 394 g/mol. The number of aryl methyl sites for hydroxylation is 2. The first-order valence-electron chi connectivity index (χ1n) is 9.27. The number of rotatable bonds is 6. The number of aromatic nitrogens is 2. The summed E-state index contributed by atoms with van der Waals surface area (Å²) in [6.07, 6.45) is -2.03. The molecule has 0 spiro atoms. The Labute approximate surface area is 170 Å². The molecular formula is C19H24FN6PS. The average Bonchev–Trinajstić information content (AvgIpc) is 3.00. The van der Waals surface area contributed by atoms with Crippen molar-refractivity contribution in [2.45, 2.75) is 33.7 Å². The van der Waals surface area contributed by atoms with Gasteiger partial charge in [0.2, 0.25) is 0 Å². The van der Waals surface area contributed by atoms with Crippen molar-refractivity contribution >= 4 is 35.1 Å². The predicted molar refractivity (Wildman–Crippen MR) is 114 cm³/mol. The van der Waals surface area contributed by atoms with Crippen molar-refractivity contribution in [3.05, 3.63) is 41.3 Å². The molecule has 1 aromatic heterocycles. The highest BCUT2D eigenvalue weighted by Gasteiger charge is 2.42. The molecule has 1 aliphatic rings. The second-order valence-electron chi connectivity index (χ2n) is 6.54. The maximum atomic E-state index is 13.5. The Bertz CT molecular complexity index is 987. The Morgan fingerprint density at radius 2 is 1.89 bits per heavy atom. The summed E-state index contributed by atoms with van der Waals surface area (Å²) in [7, 11) is 1.97. The lowest BCUT2D eigenvalue weighted by molar-refractivity contribution is 0.487. The molecule has 0 unspecified atom stereocenters. The van der Waals surface area contributed by atoms with Crippen molar-refractivity contribution in [3.63, 3.8) is 0 Å². The van der Waals surface area contributed by atoms with Crippen molar-refractivity contribution in [2.75, 3.05) is 20.1 Å². The van der Waals surface area contributed by atoms with Gasteiger partial charge in [0.25, 0.3) is 0 Å². The monoisotopic (exact) mass is 418 g/mol. The maximum absolute atomic E-state index is 13.5. The highest BCUT2D eigenvalue weighted by Crippen LogP contribution is 2.57.